The maximum atomic E-state index is 13.5. The van der Waals surface area contributed by atoms with Crippen LogP contribution in [0.5, 0.6) is 0 Å². The quantitative estimate of drug-likeness (QED) is 0.435. The van der Waals surface area contributed by atoms with Gasteiger partial charge in [0.15, 0.2) is 0 Å². The molecule has 4 heterocycles. The number of halogens is 1. The van der Waals surface area contributed by atoms with Gasteiger partial charge in [-0.05, 0) is 41.6 Å². The molecule has 3 aromatic heterocycles. The van der Waals surface area contributed by atoms with Gasteiger partial charge < -0.3 is 9.88 Å². The van der Waals surface area contributed by atoms with Crippen LogP contribution in [0.3, 0.4) is 0 Å². The Hall–Kier alpha value is -2.46. The summed E-state index contributed by atoms with van der Waals surface area (Å²) in [6.45, 7) is 4.40. The molecule has 0 aliphatic carbocycles. The number of carbonyl (C=O) groups excluding carboxylic acids is 1. The zero-order valence-corrected chi connectivity index (χ0v) is 20.5. The van der Waals surface area contributed by atoms with E-state index in [0.29, 0.717) is 11.6 Å². The molecule has 1 fully saturated rings. The number of amides is 1. The molecule has 1 aliphatic heterocycles. The molecule has 4 aromatic rings. The lowest BCUT2D eigenvalue weighted by atomic mass is 9.99. The van der Waals surface area contributed by atoms with Crippen molar-refractivity contribution in [2.45, 2.75) is 30.6 Å². The fraction of sp³-hybridized carbons (Fsp3) is 0.304. The van der Waals surface area contributed by atoms with Crippen LogP contribution < -0.4 is 0 Å². The Kier molecular flexibility index (Phi) is 5.68. The summed E-state index contributed by atoms with van der Waals surface area (Å²) < 4.78 is 29.3. The van der Waals surface area contributed by atoms with Crippen LogP contribution in [0.4, 0.5) is 0 Å². The molecule has 0 unspecified atom stereocenters. The smallest absolute Gasteiger partial charge is 0.253 e. The second-order valence-corrected chi connectivity index (χ2v) is 12.3. The third-order valence-corrected chi connectivity index (χ3v) is 9.72. The Labute approximate surface area is 201 Å². The number of aromatic nitrogens is 2. The van der Waals surface area contributed by atoms with Crippen molar-refractivity contribution in [1.82, 2.24) is 19.2 Å². The lowest BCUT2D eigenvalue weighted by Gasteiger charge is -2.42. The van der Waals surface area contributed by atoms with Crippen molar-refractivity contribution in [2.24, 2.45) is 5.92 Å². The maximum absolute atomic E-state index is 13.5. The highest BCUT2D eigenvalue weighted by Crippen LogP contribution is 2.34. The van der Waals surface area contributed by atoms with Gasteiger partial charge in [0.05, 0.1) is 18.8 Å². The Morgan fingerprint density at radius 3 is 2.85 bits per heavy atom. The van der Waals surface area contributed by atoms with Crippen molar-refractivity contribution in [2.75, 3.05) is 13.1 Å². The van der Waals surface area contributed by atoms with Crippen LogP contribution in [0.2, 0.25) is 5.02 Å². The summed E-state index contributed by atoms with van der Waals surface area (Å²) in [7, 11) is -3.82. The van der Waals surface area contributed by atoms with E-state index in [9.17, 15) is 13.2 Å². The molecule has 0 bridgehead atoms. The number of carbonyl (C=O) groups is 1. The van der Waals surface area contributed by atoms with E-state index in [-0.39, 0.29) is 35.2 Å². The molecule has 33 heavy (non-hydrogen) atoms. The summed E-state index contributed by atoms with van der Waals surface area (Å²) in [4.78, 5) is 22.7. The molecule has 172 valence electrons. The van der Waals surface area contributed by atoms with E-state index in [1.807, 2.05) is 38.2 Å². The van der Waals surface area contributed by atoms with E-state index >= 15 is 0 Å². The predicted octanol–water partition coefficient (Wildman–Crippen LogP) is 4.49. The summed E-state index contributed by atoms with van der Waals surface area (Å²) in [5.41, 5.74) is 1.75. The summed E-state index contributed by atoms with van der Waals surface area (Å²) >= 11 is 7.24. The standard InChI is InChI=1S/C23H23ClN4O3S2/c1-14(2)20-12-27(33(30,31)23-9-15-3-4-16(24)10-21(15)32-23)13-22(29)28(20)11-19-17-5-7-25-18(17)6-8-26-19/h3-10,14,20,25H,11-13H2,1-2H3/t20-/m1/s1. The monoisotopic (exact) mass is 502 g/mol. The minimum atomic E-state index is -3.82. The Balaban J connectivity index is 1.45. The van der Waals surface area contributed by atoms with Gasteiger partial charge in [-0.25, -0.2) is 8.42 Å². The summed E-state index contributed by atoms with van der Waals surface area (Å²) in [6, 6.07) is 10.5. The first-order valence-corrected chi connectivity index (χ1v) is 13.3. The van der Waals surface area contributed by atoms with Crippen LogP contribution in [0.1, 0.15) is 19.5 Å². The number of fused-ring (bicyclic) bond motifs is 2. The number of hydrogen-bond acceptors (Lipinski definition) is 5. The van der Waals surface area contributed by atoms with E-state index in [2.05, 4.69) is 9.97 Å². The number of rotatable bonds is 5. The van der Waals surface area contributed by atoms with E-state index in [1.165, 1.54) is 15.6 Å². The molecule has 0 saturated carbocycles. The predicted molar refractivity (Wildman–Crippen MR) is 131 cm³/mol. The number of H-pyrrole nitrogens is 1. The average Bonchev–Trinajstić information content (AvgIpc) is 3.42. The van der Waals surface area contributed by atoms with Crippen LogP contribution in [-0.4, -0.2) is 52.6 Å². The van der Waals surface area contributed by atoms with Crippen LogP contribution >= 0.6 is 22.9 Å². The number of pyridine rings is 1. The minimum absolute atomic E-state index is 0.0681. The zero-order chi connectivity index (χ0) is 23.3. The molecular formula is C23H23ClN4O3S2. The van der Waals surface area contributed by atoms with Crippen LogP contribution in [-0.2, 0) is 21.4 Å². The molecule has 7 nitrogen and oxygen atoms in total. The van der Waals surface area contributed by atoms with Crippen molar-refractivity contribution in [3.05, 3.63) is 59.5 Å². The largest absolute Gasteiger partial charge is 0.361 e. The van der Waals surface area contributed by atoms with Gasteiger partial charge in [-0.15, -0.1) is 11.3 Å². The fourth-order valence-electron chi connectivity index (χ4n) is 4.32. The van der Waals surface area contributed by atoms with Crippen LogP contribution in [0.25, 0.3) is 21.0 Å². The SMILES string of the molecule is CC(C)[C@H]1CN(S(=O)(=O)c2cc3ccc(Cl)cc3s2)CC(=O)N1Cc1nccc2[nH]ccc12. The van der Waals surface area contributed by atoms with Crippen molar-refractivity contribution in [3.63, 3.8) is 0 Å². The van der Waals surface area contributed by atoms with E-state index < -0.39 is 10.0 Å². The van der Waals surface area contributed by atoms with Crippen molar-refractivity contribution < 1.29 is 13.2 Å². The topological polar surface area (TPSA) is 86.4 Å². The lowest BCUT2D eigenvalue weighted by Crippen LogP contribution is -2.58. The molecule has 10 heteroatoms. The second kappa shape index (κ2) is 8.39. The number of piperazine rings is 1. The van der Waals surface area contributed by atoms with Gasteiger partial charge in [0, 0.05) is 45.6 Å². The van der Waals surface area contributed by atoms with E-state index in [0.717, 1.165) is 26.7 Å². The third-order valence-electron chi connectivity index (χ3n) is 6.13. The van der Waals surface area contributed by atoms with E-state index in [4.69, 9.17) is 11.6 Å². The third kappa shape index (κ3) is 4.03. The highest BCUT2D eigenvalue weighted by atomic mass is 35.5. The fourth-order valence-corrected chi connectivity index (χ4v) is 7.56. The highest BCUT2D eigenvalue weighted by Gasteiger charge is 2.40. The van der Waals surface area contributed by atoms with Crippen molar-refractivity contribution in [3.8, 4) is 0 Å². The molecule has 1 saturated heterocycles. The number of thiophene rings is 1. The molecule has 1 amide bonds. The minimum Gasteiger partial charge on any atom is -0.361 e. The van der Waals surface area contributed by atoms with Crippen molar-refractivity contribution in [1.29, 1.82) is 0 Å². The Bertz CT molecular complexity index is 1460. The first-order valence-electron chi connectivity index (χ1n) is 10.6. The summed E-state index contributed by atoms with van der Waals surface area (Å²) in [5, 5.41) is 2.34. The number of hydrogen-bond donors (Lipinski definition) is 1. The van der Waals surface area contributed by atoms with Gasteiger partial charge in [0.1, 0.15) is 4.21 Å². The number of benzene rings is 1. The molecular weight excluding hydrogens is 480 g/mol. The molecule has 1 N–H and O–H groups in total. The normalized spacial score (nSPS) is 18.1. The number of sulfonamides is 1. The average molecular weight is 503 g/mol. The van der Waals surface area contributed by atoms with Crippen molar-refractivity contribution >= 4 is 59.9 Å². The van der Waals surface area contributed by atoms with Gasteiger partial charge in [-0.1, -0.05) is 31.5 Å². The number of nitrogens with one attached hydrogen (secondary N) is 1. The van der Waals surface area contributed by atoms with Crippen LogP contribution in [0, 0.1) is 5.92 Å². The molecule has 0 spiro atoms. The number of nitrogens with zero attached hydrogens (tertiary/aromatic N) is 3. The Morgan fingerprint density at radius 1 is 1.24 bits per heavy atom. The van der Waals surface area contributed by atoms with Gasteiger partial charge >= 0.3 is 0 Å². The molecule has 0 radical (unpaired) electrons. The molecule has 1 aliphatic rings. The van der Waals surface area contributed by atoms with Gasteiger partial charge in [-0.2, -0.15) is 4.31 Å². The first-order chi connectivity index (χ1) is 15.7. The van der Waals surface area contributed by atoms with E-state index in [1.54, 1.807) is 29.3 Å². The van der Waals surface area contributed by atoms with Gasteiger partial charge in [0.2, 0.25) is 5.91 Å². The molecule has 1 atom stereocenters. The summed E-state index contributed by atoms with van der Waals surface area (Å²) in [5.74, 6) is -0.152. The van der Waals surface area contributed by atoms with Crippen LogP contribution in [0.15, 0.2) is 53.0 Å². The van der Waals surface area contributed by atoms with Gasteiger partial charge in [-0.3, -0.25) is 9.78 Å². The zero-order valence-electron chi connectivity index (χ0n) is 18.2. The Morgan fingerprint density at radius 2 is 2.06 bits per heavy atom. The maximum Gasteiger partial charge on any atom is 0.253 e. The second-order valence-electron chi connectivity index (χ2n) is 8.57. The summed E-state index contributed by atoms with van der Waals surface area (Å²) in [6.07, 6.45) is 3.57. The van der Waals surface area contributed by atoms with Gasteiger partial charge in [0.25, 0.3) is 10.0 Å². The highest BCUT2D eigenvalue weighted by molar-refractivity contribution is 7.91. The molecule has 5 rings (SSSR count). The first kappa shape index (κ1) is 22.3. The molecule has 1 aromatic carbocycles. The number of aromatic amines is 1. The lowest BCUT2D eigenvalue weighted by molar-refractivity contribution is -0.139.